The van der Waals surface area contributed by atoms with Crippen LogP contribution in [-0.4, -0.2) is 20.4 Å². The highest BCUT2D eigenvalue weighted by atomic mass is 35.5. The fourth-order valence-electron chi connectivity index (χ4n) is 1.16. The van der Waals surface area contributed by atoms with Gasteiger partial charge in [-0.1, -0.05) is 23.2 Å². The molecule has 0 aliphatic heterocycles. The first-order valence-electron chi connectivity index (χ1n) is 4.76. The number of amides is 1. The van der Waals surface area contributed by atoms with Crippen LogP contribution in [0.15, 0.2) is 23.1 Å². The van der Waals surface area contributed by atoms with Crippen molar-refractivity contribution >= 4 is 39.1 Å². The molecule has 4 N–H and O–H groups in total. The molecule has 1 aromatic carbocycles. The van der Waals surface area contributed by atoms with Gasteiger partial charge in [0, 0.05) is 5.02 Å². The van der Waals surface area contributed by atoms with Crippen LogP contribution in [0.25, 0.3) is 0 Å². The lowest BCUT2D eigenvalue weighted by molar-refractivity contribution is -0.122. The number of nitrogens with one attached hydrogen (secondary N) is 2. The van der Waals surface area contributed by atoms with Gasteiger partial charge < -0.3 is 0 Å². The summed E-state index contributed by atoms with van der Waals surface area (Å²) in [5, 5.41) is 0.225. The first kappa shape index (κ1) is 15.2. The largest absolute Gasteiger partial charge is 0.293 e. The molecule has 9 heteroatoms. The second kappa shape index (κ2) is 5.85. The number of halogens is 2. The summed E-state index contributed by atoms with van der Waals surface area (Å²) in [5.74, 6) is 4.23. The van der Waals surface area contributed by atoms with E-state index >= 15 is 0 Å². The first-order valence-corrected chi connectivity index (χ1v) is 6.99. The van der Waals surface area contributed by atoms with E-state index in [4.69, 9.17) is 29.0 Å². The molecule has 0 heterocycles. The number of hydrogen-bond acceptors (Lipinski definition) is 4. The van der Waals surface area contributed by atoms with E-state index in [0.717, 1.165) is 0 Å². The van der Waals surface area contributed by atoms with Gasteiger partial charge in [0.25, 0.3) is 5.91 Å². The van der Waals surface area contributed by atoms with Crippen LogP contribution in [0, 0.1) is 0 Å². The monoisotopic (exact) mass is 311 g/mol. The van der Waals surface area contributed by atoms with Crippen LogP contribution in [0.2, 0.25) is 10.0 Å². The van der Waals surface area contributed by atoms with E-state index in [0.29, 0.717) is 0 Å². The molecule has 100 valence electrons. The van der Waals surface area contributed by atoms with Crippen molar-refractivity contribution in [1.29, 1.82) is 0 Å². The standard InChI is InChI=1S/C9H11Cl2N3O3S/c1-5(9(15)13-12)14-18(16,17)8-4-6(10)2-3-7(8)11/h2-5,14H,12H2,1H3,(H,13,15)/t5-/m0/s1. The molecular formula is C9H11Cl2N3O3S. The highest BCUT2D eigenvalue weighted by Gasteiger charge is 2.23. The number of benzene rings is 1. The molecule has 0 spiro atoms. The van der Waals surface area contributed by atoms with Gasteiger partial charge in [-0.15, -0.1) is 0 Å². The van der Waals surface area contributed by atoms with Crippen LogP contribution in [0.3, 0.4) is 0 Å². The van der Waals surface area contributed by atoms with Crippen molar-refractivity contribution in [2.45, 2.75) is 17.9 Å². The maximum Gasteiger partial charge on any atom is 0.251 e. The third-order valence-corrected chi connectivity index (χ3v) is 4.31. The van der Waals surface area contributed by atoms with Gasteiger partial charge in [-0.25, -0.2) is 14.3 Å². The number of carbonyl (C=O) groups excluding carboxylic acids is 1. The van der Waals surface area contributed by atoms with E-state index in [2.05, 4.69) is 4.72 Å². The third-order valence-electron chi connectivity index (χ3n) is 2.05. The molecule has 0 radical (unpaired) electrons. The summed E-state index contributed by atoms with van der Waals surface area (Å²) in [4.78, 5) is 10.9. The Morgan fingerprint density at radius 3 is 2.56 bits per heavy atom. The lowest BCUT2D eigenvalue weighted by Crippen LogP contribution is -2.47. The molecule has 0 saturated heterocycles. The molecule has 0 saturated carbocycles. The highest BCUT2D eigenvalue weighted by molar-refractivity contribution is 7.89. The number of carbonyl (C=O) groups is 1. The molecule has 1 amide bonds. The maximum atomic E-state index is 12.0. The minimum atomic E-state index is -3.95. The summed E-state index contributed by atoms with van der Waals surface area (Å²) in [6.07, 6.45) is 0. The van der Waals surface area contributed by atoms with E-state index in [1.54, 1.807) is 0 Å². The SMILES string of the molecule is C[C@H](NS(=O)(=O)c1cc(Cl)ccc1Cl)C(=O)NN. The zero-order chi connectivity index (χ0) is 13.9. The van der Waals surface area contributed by atoms with Gasteiger partial charge in [-0.2, -0.15) is 4.72 Å². The highest BCUT2D eigenvalue weighted by Crippen LogP contribution is 2.24. The molecule has 0 aliphatic carbocycles. The Morgan fingerprint density at radius 1 is 1.39 bits per heavy atom. The second-order valence-electron chi connectivity index (χ2n) is 3.43. The summed E-state index contributed by atoms with van der Waals surface area (Å²) in [5.41, 5.74) is 1.84. The molecule has 0 unspecified atom stereocenters. The molecule has 1 atom stereocenters. The van der Waals surface area contributed by atoms with Crippen molar-refractivity contribution in [3.63, 3.8) is 0 Å². The molecule has 18 heavy (non-hydrogen) atoms. The molecule has 1 aromatic rings. The summed E-state index contributed by atoms with van der Waals surface area (Å²) < 4.78 is 26.1. The lowest BCUT2D eigenvalue weighted by Gasteiger charge is -2.13. The number of hydrogen-bond donors (Lipinski definition) is 3. The minimum Gasteiger partial charge on any atom is -0.293 e. The molecule has 0 bridgehead atoms. The molecule has 1 rings (SSSR count). The van der Waals surface area contributed by atoms with E-state index < -0.39 is 22.0 Å². The van der Waals surface area contributed by atoms with Crippen LogP contribution in [-0.2, 0) is 14.8 Å². The van der Waals surface area contributed by atoms with E-state index in [9.17, 15) is 13.2 Å². The first-order chi connectivity index (χ1) is 8.27. The molecule has 0 aromatic heterocycles. The smallest absolute Gasteiger partial charge is 0.251 e. The Hall–Kier alpha value is -0.860. The molecular weight excluding hydrogens is 301 g/mol. The number of hydrazine groups is 1. The Balaban J connectivity index is 3.07. The van der Waals surface area contributed by atoms with Crippen molar-refractivity contribution < 1.29 is 13.2 Å². The Morgan fingerprint density at radius 2 is 2.00 bits per heavy atom. The van der Waals surface area contributed by atoms with Gasteiger partial charge in [-0.3, -0.25) is 10.2 Å². The van der Waals surface area contributed by atoms with Crippen LogP contribution in [0.1, 0.15) is 6.92 Å². The van der Waals surface area contributed by atoms with Crippen LogP contribution in [0.4, 0.5) is 0 Å². The minimum absolute atomic E-state index is 0.00672. The van der Waals surface area contributed by atoms with Crippen molar-refractivity contribution in [3.05, 3.63) is 28.2 Å². The van der Waals surface area contributed by atoms with Crippen molar-refractivity contribution in [3.8, 4) is 0 Å². The predicted molar refractivity (Wildman–Crippen MR) is 68.6 cm³/mol. The number of sulfonamides is 1. The van der Waals surface area contributed by atoms with Crippen LogP contribution in [0.5, 0.6) is 0 Å². The van der Waals surface area contributed by atoms with Gasteiger partial charge in [0.2, 0.25) is 10.0 Å². The topological polar surface area (TPSA) is 101 Å². The van der Waals surface area contributed by atoms with Gasteiger partial charge in [-0.05, 0) is 25.1 Å². The summed E-state index contributed by atoms with van der Waals surface area (Å²) in [6, 6.07) is 2.97. The van der Waals surface area contributed by atoms with Crippen molar-refractivity contribution in [2.24, 2.45) is 5.84 Å². The van der Waals surface area contributed by atoms with Crippen LogP contribution >= 0.6 is 23.2 Å². The Labute approximate surface area is 114 Å². The maximum absolute atomic E-state index is 12.0. The van der Waals surface area contributed by atoms with Gasteiger partial charge in [0.05, 0.1) is 11.1 Å². The van der Waals surface area contributed by atoms with Gasteiger partial charge in [0.1, 0.15) is 4.90 Å². The Kier molecular flexibility index (Phi) is 4.94. The van der Waals surface area contributed by atoms with Crippen molar-refractivity contribution in [1.82, 2.24) is 10.1 Å². The van der Waals surface area contributed by atoms with Gasteiger partial charge in [0.15, 0.2) is 0 Å². The summed E-state index contributed by atoms with van der Waals surface area (Å²) in [6.45, 7) is 1.35. The van der Waals surface area contributed by atoms with Gasteiger partial charge >= 0.3 is 0 Å². The van der Waals surface area contributed by atoms with Crippen LogP contribution < -0.4 is 16.0 Å². The summed E-state index contributed by atoms with van der Waals surface area (Å²) in [7, 11) is -3.95. The quantitative estimate of drug-likeness (QED) is 0.431. The lowest BCUT2D eigenvalue weighted by atomic mass is 10.3. The second-order valence-corrected chi connectivity index (χ2v) is 5.95. The molecule has 0 aliphatic rings. The molecule has 6 nitrogen and oxygen atoms in total. The van der Waals surface area contributed by atoms with Crippen molar-refractivity contribution in [2.75, 3.05) is 0 Å². The normalized spacial score (nSPS) is 13.1. The number of rotatable bonds is 4. The molecule has 0 fully saturated rings. The van der Waals surface area contributed by atoms with E-state index in [1.807, 2.05) is 5.43 Å². The average molecular weight is 312 g/mol. The third kappa shape index (κ3) is 3.56. The summed E-state index contributed by atoms with van der Waals surface area (Å²) >= 11 is 11.5. The zero-order valence-corrected chi connectivity index (χ0v) is 11.6. The Bertz CT molecular complexity index is 562. The average Bonchev–Trinajstić information content (AvgIpc) is 2.30. The predicted octanol–water partition coefficient (Wildman–Crippen LogP) is 0.650. The fourth-order valence-corrected chi connectivity index (χ4v) is 3.12. The fraction of sp³-hybridized carbons (Fsp3) is 0.222. The number of nitrogens with two attached hydrogens (primary N) is 1. The van der Waals surface area contributed by atoms with E-state index in [1.165, 1.54) is 25.1 Å². The zero-order valence-electron chi connectivity index (χ0n) is 9.28. The van der Waals surface area contributed by atoms with E-state index in [-0.39, 0.29) is 14.9 Å².